The molecule has 0 aliphatic heterocycles. The number of carbonyl (C=O) groups is 1. The fourth-order valence-corrected chi connectivity index (χ4v) is 2.91. The summed E-state index contributed by atoms with van der Waals surface area (Å²) >= 11 is -1.11. The largest absolute Gasteiger partial charge is 0.598 e. The van der Waals surface area contributed by atoms with Gasteiger partial charge in [-0.25, -0.2) is 4.79 Å². The van der Waals surface area contributed by atoms with Crippen LogP contribution in [0.15, 0.2) is 12.7 Å². The van der Waals surface area contributed by atoms with E-state index in [1.165, 1.54) is 0 Å². The molecule has 6 heteroatoms. The molecule has 1 aliphatic carbocycles. The van der Waals surface area contributed by atoms with Crippen LogP contribution >= 0.6 is 0 Å². The smallest absolute Gasteiger partial charge is 0.404 e. The van der Waals surface area contributed by atoms with Crippen molar-refractivity contribution in [2.75, 3.05) is 0 Å². The third-order valence-electron chi connectivity index (χ3n) is 3.25. The number of amides is 1. The zero-order valence-electron chi connectivity index (χ0n) is 11.8. The molecule has 1 saturated carbocycles. The minimum absolute atomic E-state index is 0.0100. The Morgan fingerprint density at radius 2 is 2.16 bits per heavy atom. The molecule has 0 aromatic carbocycles. The van der Waals surface area contributed by atoms with Crippen LogP contribution in [0.25, 0.3) is 0 Å². The average Bonchev–Trinajstić information content (AvgIpc) is 2.22. The summed E-state index contributed by atoms with van der Waals surface area (Å²) in [5, 5.41) is 11.1. The molecule has 3 N–H and O–H groups in total. The third-order valence-corrected chi connectivity index (χ3v) is 4.88. The molecule has 19 heavy (non-hydrogen) atoms. The summed E-state index contributed by atoms with van der Waals surface area (Å²) in [5.41, 5.74) is 0. The third kappa shape index (κ3) is 5.42. The summed E-state index contributed by atoms with van der Waals surface area (Å²) in [7, 11) is 0. The highest BCUT2D eigenvalue weighted by atomic mass is 32.2. The Balaban J connectivity index is 2.31. The Hall–Kier alpha value is -0.720. The fraction of sp³-hybridized carbons (Fsp3) is 0.769. The summed E-state index contributed by atoms with van der Waals surface area (Å²) in [6, 6.07) is 0.0805. The number of carboxylic acid groups (broad SMARTS) is 1. The van der Waals surface area contributed by atoms with Gasteiger partial charge < -0.3 is 15.0 Å². The van der Waals surface area contributed by atoms with Gasteiger partial charge >= 0.3 is 6.09 Å². The van der Waals surface area contributed by atoms with Gasteiger partial charge in [-0.15, -0.1) is 11.3 Å². The maximum atomic E-state index is 12.0. The Bertz CT molecular complexity index is 324. The summed E-state index contributed by atoms with van der Waals surface area (Å²) in [5.74, 6) is 0.462. The summed E-state index contributed by atoms with van der Waals surface area (Å²) < 4.78 is 14.8. The Labute approximate surface area is 118 Å². The fourth-order valence-electron chi connectivity index (χ4n) is 2.09. The summed E-state index contributed by atoms with van der Waals surface area (Å²) in [6.45, 7) is 9.54. The van der Waals surface area contributed by atoms with Crippen molar-refractivity contribution in [2.24, 2.45) is 5.92 Å². The molecular weight excluding hydrogens is 264 g/mol. The summed E-state index contributed by atoms with van der Waals surface area (Å²) in [4.78, 5) is 10.5. The average molecular weight is 288 g/mol. The highest BCUT2D eigenvalue weighted by molar-refractivity contribution is 7.90. The van der Waals surface area contributed by atoms with E-state index in [0.29, 0.717) is 5.92 Å². The van der Waals surface area contributed by atoms with Gasteiger partial charge in [-0.1, -0.05) is 6.08 Å². The van der Waals surface area contributed by atoms with E-state index >= 15 is 0 Å². The summed E-state index contributed by atoms with van der Waals surface area (Å²) in [6.07, 6.45) is 3.36. The van der Waals surface area contributed by atoms with Crippen molar-refractivity contribution >= 4 is 17.5 Å². The van der Waals surface area contributed by atoms with Crippen LogP contribution in [0.3, 0.4) is 0 Å². The topological polar surface area (TPSA) is 84.4 Å². The molecule has 0 aromatic heterocycles. The lowest BCUT2D eigenvalue weighted by Crippen LogP contribution is -2.48. The first-order chi connectivity index (χ1) is 8.72. The molecule has 0 bridgehead atoms. The molecule has 1 amide bonds. The standard InChI is InChI=1S/C13H24N2O3S/c1-5-10(15-19(18)13(2,3)4)6-9-7-11(8-9)14-12(16)17/h5,9-11,14-15H,1,6-8H2,2-4H3,(H,16,17)/t9?,10-,11?,19-/m0/s1. The molecule has 0 radical (unpaired) electrons. The maximum Gasteiger partial charge on any atom is 0.404 e. The molecule has 2 atom stereocenters. The van der Waals surface area contributed by atoms with E-state index in [2.05, 4.69) is 16.6 Å². The first kappa shape index (κ1) is 16.3. The van der Waals surface area contributed by atoms with Crippen LogP contribution in [0, 0.1) is 5.92 Å². The van der Waals surface area contributed by atoms with E-state index in [1.807, 2.05) is 20.8 Å². The van der Waals surface area contributed by atoms with E-state index in [4.69, 9.17) is 5.11 Å². The van der Waals surface area contributed by atoms with Crippen molar-refractivity contribution in [2.45, 2.75) is 56.9 Å². The minimum atomic E-state index is -1.11. The number of nitrogens with one attached hydrogen (secondary N) is 2. The molecule has 1 aliphatic rings. The van der Waals surface area contributed by atoms with E-state index in [1.54, 1.807) is 6.08 Å². The molecule has 1 rings (SSSR count). The Morgan fingerprint density at radius 3 is 2.58 bits per heavy atom. The first-order valence-corrected chi connectivity index (χ1v) is 7.67. The number of hydrogen-bond acceptors (Lipinski definition) is 3. The molecule has 5 nitrogen and oxygen atoms in total. The van der Waals surface area contributed by atoms with E-state index in [-0.39, 0.29) is 16.8 Å². The van der Waals surface area contributed by atoms with Gasteiger partial charge in [-0.05, 0) is 46.0 Å². The zero-order chi connectivity index (χ0) is 14.6. The second-order valence-corrected chi connectivity index (χ2v) is 8.06. The number of rotatable bonds is 6. The van der Waals surface area contributed by atoms with E-state index < -0.39 is 17.5 Å². The molecule has 1 fully saturated rings. The maximum absolute atomic E-state index is 12.0. The zero-order valence-corrected chi connectivity index (χ0v) is 12.6. The van der Waals surface area contributed by atoms with Crippen molar-refractivity contribution in [1.82, 2.24) is 10.0 Å². The highest BCUT2D eigenvalue weighted by Gasteiger charge is 2.34. The molecule has 0 spiro atoms. The normalized spacial score (nSPS) is 26.1. The number of hydrogen-bond donors (Lipinski definition) is 3. The SMILES string of the molecule is C=C[C@@H](CC1CC(NC(=O)O)C1)N[S@@+]([O-])C(C)(C)C. The molecule has 0 heterocycles. The van der Waals surface area contributed by atoms with Crippen LogP contribution in [0.4, 0.5) is 4.79 Å². The lowest BCUT2D eigenvalue weighted by molar-refractivity contribution is 0.161. The molecule has 0 saturated heterocycles. The van der Waals surface area contributed by atoms with Crippen LogP contribution in [-0.4, -0.2) is 32.6 Å². The minimum Gasteiger partial charge on any atom is -0.598 e. The highest BCUT2D eigenvalue weighted by Crippen LogP contribution is 2.32. The van der Waals surface area contributed by atoms with Gasteiger partial charge in [-0.2, -0.15) is 0 Å². The predicted molar refractivity (Wildman–Crippen MR) is 77.3 cm³/mol. The van der Waals surface area contributed by atoms with Gasteiger partial charge in [-0.3, -0.25) is 0 Å². The van der Waals surface area contributed by atoms with Gasteiger partial charge in [0.15, 0.2) is 0 Å². The van der Waals surface area contributed by atoms with Gasteiger partial charge in [0.2, 0.25) is 0 Å². The second kappa shape index (κ2) is 6.63. The predicted octanol–water partition coefficient (Wildman–Crippen LogP) is 2.03. The lowest BCUT2D eigenvalue weighted by atomic mass is 9.77. The monoisotopic (exact) mass is 288 g/mol. The lowest BCUT2D eigenvalue weighted by Gasteiger charge is -2.37. The van der Waals surface area contributed by atoms with Crippen LogP contribution in [0.1, 0.15) is 40.0 Å². The van der Waals surface area contributed by atoms with Crippen molar-refractivity contribution in [3.05, 3.63) is 12.7 Å². The molecular formula is C13H24N2O3S. The van der Waals surface area contributed by atoms with Gasteiger partial charge in [0, 0.05) is 17.4 Å². The van der Waals surface area contributed by atoms with Crippen LogP contribution in [0.2, 0.25) is 0 Å². The van der Waals surface area contributed by atoms with Crippen LogP contribution in [-0.2, 0) is 11.4 Å². The van der Waals surface area contributed by atoms with Crippen molar-refractivity contribution < 1.29 is 14.5 Å². The second-order valence-electron chi connectivity index (χ2n) is 6.06. The van der Waals surface area contributed by atoms with E-state index in [0.717, 1.165) is 19.3 Å². The quantitative estimate of drug-likeness (QED) is 0.516. The van der Waals surface area contributed by atoms with Crippen molar-refractivity contribution in [3.63, 3.8) is 0 Å². The van der Waals surface area contributed by atoms with Gasteiger partial charge in [0.1, 0.15) is 4.75 Å². The molecule has 0 unspecified atom stereocenters. The Kier molecular flexibility index (Phi) is 5.70. The van der Waals surface area contributed by atoms with E-state index in [9.17, 15) is 9.35 Å². The first-order valence-electron chi connectivity index (χ1n) is 6.52. The Morgan fingerprint density at radius 1 is 1.58 bits per heavy atom. The molecule has 110 valence electrons. The van der Waals surface area contributed by atoms with Crippen LogP contribution < -0.4 is 10.0 Å². The van der Waals surface area contributed by atoms with Gasteiger partial charge in [0.05, 0.1) is 6.04 Å². The van der Waals surface area contributed by atoms with Crippen molar-refractivity contribution in [3.8, 4) is 0 Å². The van der Waals surface area contributed by atoms with Gasteiger partial charge in [0.25, 0.3) is 0 Å². The van der Waals surface area contributed by atoms with Crippen LogP contribution in [0.5, 0.6) is 0 Å². The molecule has 0 aromatic rings. The van der Waals surface area contributed by atoms with Crippen molar-refractivity contribution in [1.29, 1.82) is 0 Å².